The van der Waals surface area contributed by atoms with E-state index in [1.54, 1.807) is 6.07 Å². The molecule has 0 fully saturated rings. The average Bonchev–Trinajstić information content (AvgIpc) is 2.27. The van der Waals surface area contributed by atoms with Crippen molar-refractivity contribution in [3.05, 3.63) is 47.4 Å². The van der Waals surface area contributed by atoms with Crippen molar-refractivity contribution in [3.8, 4) is 0 Å². The van der Waals surface area contributed by atoms with Gasteiger partial charge in [0.25, 0.3) is 0 Å². The molecular formula is C10H12N4O. The molecule has 0 aliphatic heterocycles. The van der Waals surface area contributed by atoms with Gasteiger partial charge in [0, 0.05) is 5.39 Å². The predicted octanol–water partition coefficient (Wildman–Crippen LogP) is 2.36. The third-order valence-electron chi connectivity index (χ3n) is 2.10. The monoisotopic (exact) mass is 204 g/mol. The minimum Gasteiger partial charge on any atom is -0.344 e. The normalized spacial score (nSPS) is 9.40. The van der Waals surface area contributed by atoms with E-state index in [1.807, 2.05) is 36.4 Å². The molecule has 0 aromatic heterocycles. The van der Waals surface area contributed by atoms with E-state index in [2.05, 4.69) is 5.29 Å². The highest BCUT2D eigenvalue weighted by atomic mass is 16.3. The second-order valence-corrected chi connectivity index (χ2v) is 2.92. The lowest BCUT2D eigenvalue weighted by Gasteiger charge is -2.10. The van der Waals surface area contributed by atoms with E-state index in [0.717, 1.165) is 15.9 Å². The van der Waals surface area contributed by atoms with Crippen LogP contribution in [0.4, 0.5) is 5.69 Å². The first-order valence-electron chi connectivity index (χ1n) is 4.19. The maximum absolute atomic E-state index is 10.3. The molecule has 78 valence electrons. The lowest BCUT2D eigenvalue weighted by Crippen LogP contribution is -2.23. The van der Waals surface area contributed by atoms with Crippen LogP contribution >= 0.6 is 0 Å². The fourth-order valence-corrected chi connectivity index (χ4v) is 1.45. The predicted molar refractivity (Wildman–Crippen MR) is 61.4 cm³/mol. The van der Waals surface area contributed by atoms with Crippen LogP contribution in [0.3, 0.4) is 0 Å². The molecule has 0 spiro atoms. The molecule has 0 saturated carbocycles. The summed E-state index contributed by atoms with van der Waals surface area (Å²) >= 11 is 0. The summed E-state index contributed by atoms with van der Waals surface area (Å²) in [7, 11) is 0. The van der Waals surface area contributed by atoms with Crippen LogP contribution in [0.15, 0.2) is 47.8 Å². The summed E-state index contributed by atoms with van der Waals surface area (Å²) in [5.41, 5.74) is 0.609. The number of nitrogens with zero attached hydrogens (tertiary/aromatic N) is 2. The lowest BCUT2D eigenvalue weighted by molar-refractivity contribution is 0.921. The minimum atomic E-state index is 0. The fourth-order valence-electron chi connectivity index (χ4n) is 1.45. The van der Waals surface area contributed by atoms with Crippen molar-refractivity contribution in [1.82, 2.24) is 6.15 Å². The number of nitroso groups, excluding NO2 is 1. The Hall–Kier alpha value is -1.98. The number of anilines is 1. The first-order valence-corrected chi connectivity index (χ1v) is 4.19. The Morgan fingerprint density at radius 3 is 2.47 bits per heavy atom. The molecule has 5 nitrogen and oxygen atoms in total. The highest BCUT2D eigenvalue weighted by molar-refractivity contribution is 5.93. The maximum atomic E-state index is 10.3. The van der Waals surface area contributed by atoms with Crippen molar-refractivity contribution in [3.63, 3.8) is 0 Å². The van der Waals surface area contributed by atoms with E-state index in [4.69, 9.17) is 5.84 Å². The fraction of sp³-hybridized carbons (Fsp3) is 0. The molecule has 0 aliphatic carbocycles. The van der Waals surface area contributed by atoms with Gasteiger partial charge in [-0.15, -0.1) is 4.91 Å². The van der Waals surface area contributed by atoms with Crippen molar-refractivity contribution >= 4 is 16.5 Å². The van der Waals surface area contributed by atoms with Gasteiger partial charge in [-0.25, -0.2) is 5.84 Å². The van der Waals surface area contributed by atoms with Crippen LogP contribution in [0.25, 0.3) is 10.8 Å². The summed E-state index contributed by atoms with van der Waals surface area (Å²) in [6.45, 7) is 0. The molecular weight excluding hydrogens is 192 g/mol. The van der Waals surface area contributed by atoms with E-state index >= 15 is 0 Å². The van der Waals surface area contributed by atoms with Crippen LogP contribution in [0, 0.1) is 4.91 Å². The second-order valence-electron chi connectivity index (χ2n) is 2.92. The van der Waals surface area contributed by atoms with Crippen LogP contribution in [-0.2, 0) is 0 Å². The van der Waals surface area contributed by atoms with Gasteiger partial charge in [-0.2, -0.15) is 5.12 Å². The van der Waals surface area contributed by atoms with Gasteiger partial charge in [0.15, 0.2) is 0 Å². The summed E-state index contributed by atoms with van der Waals surface area (Å²) in [6, 6.07) is 13.2. The molecule has 0 saturated heterocycles. The summed E-state index contributed by atoms with van der Waals surface area (Å²) in [5.74, 6) is 5.41. The Morgan fingerprint density at radius 1 is 1.07 bits per heavy atom. The molecule has 0 heterocycles. The number of hydrogen-bond acceptors (Lipinski definition) is 4. The molecule has 15 heavy (non-hydrogen) atoms. The molecule has 2 aromatic rings. The number of fused-ring (bicyclic) bond motifs is 1. The molecule has 2 aromatic carbocycles. The lowest BCUT2D eigenvalue weighted by atomic mass is 10.1. The Morgan fingerprint density at radius 2 is 1.73 bits per heavy atom. The van der Waals surface area contributed by atoms with E-state index < -0.39 is 0 Å². The molecule has 0 atom stereocenters. The highest BCUT2D eigenvalue weighted by Gasteiger charge is 2.04. The first-order chi connectivity index (χ1) is 6.83. The summed E-state index contributed by atoms with van der Waals surface area (Å²) in [5, 5.41) is 5.45. The topological polar surface area (TPSA) is 93.7 Å². The Balaban J connectivity index is 0.00000112. The maximum Gasteiger partial charge on any atom is 0.0887 e. The third-order valence-corrected chi connectivity index (χ3v) is 2.10. The molecule has 5 heteroatoms. The van der Waals surface area contributed by atoms with Crippen LogP contribution in [0.5, 0.6) is 0 Å². The van der Waals surface area contributed by atoms with Gasteiger partial charge >= 0.3 is 0 Å². The number of hydrazine groups is 1. The molecule has 5 N–H and O–H groups in total. The molecule has 0 unspecified atom stereocenters. The largest absolute Gasteiger partial charge is 0.344 e. The highest BCUT2D eigenvalue weighted by Crippen LogP contribution is 2.24. The smallest absolute Gasteiger partial charge is 0.0887 e. The number of benzene rings is 2. The van der Waals surface area contributed by atoms with E-state index in [-0.39, 0.29) is 6.15 Å². The van der Waals surface area contributed by atoms with Crippen molar-refractivity contribution in [2.75, 3.05) is 5.12 Å². The average molecular weight is 204 g/mol. The minimum absolute atomic E-state index is 0. The standard InChI is InChI=1S/C10H9N3O.H3N/c11-13(12-14)10-7-3-5-8-4-1-2-6-9(8)10;/h1-7H,11H2;1H3. The number of hydrogen-bond donors (Lipinski definition) is 2. The molecule has 0 bridgehead atoms. The Kier molecular flexibility index (Phi) is 3.33. The third kappa shape index (κ3) is 1.93. The van der Waals surface area contributed by atoms with Gasteiger partial charge in [0.2, 0.25) is 0 Å². The first kappa shape index (κ1) is 11.1. The van der Waals surface area contributed by atoms with E-state index in [0.29, 0.717) is 5.69 Å². The quantitative estimate of drug-likeness (QED) is 0.446. The SMILES string of the molecule is N.NN(N=O)c1cccc2ccccc12. The van der Waals surface area contributed by atoms with Gasteiger partial charge in [-0.3, -0.25) is 0 Å². The molecule has 2 rings (SSSR count). The van der Waals surface area contributed by atoms with E-state index in [9.17, 15) is 4.91 Å². The molecule has 0 amide bonds. The van der Waals surface area contributed by atoms with Gasteiger partial charge in [0.05, 0.1) is 11.0 Å². The Bertz CT molecular complexity index is 466. The van der Waals surface area contributed by atoms with E-state index in [1.165, 1.54) is 0 Å². The molecule has 0 radical (unpaired) electrons. The Labute approximate surface area is 87.0 Å². The van der Waals surface area contributed by atoms with Crippen molar-refractivity contribution < 1.29 is 0 Å². The zero-order valence-electron chi connectivity index (χ0n) is 8.13. The molecule has 0 aliphatic rings. The zero-order chi connectivity index (χ0) is 9.97. The van der Waals surface area contributed by atoms with Gasteiger partial charge in [-0.1, -0.05) is 36.4 Å². The van der Waals surface area contributed by atoms with Crippen molar-refractivity contribution in [1.29, 1.82) is 0 Å². The van der Waals surface area contributed by atoms with Crippen molar-refractivity contribution in [2.45, 2.75) is 0 Å². The zero-order valence-corrected chi connectivity index (χ0v) is 8.13. The van der Waals surface area contributed by atoms with Crippen LogP contribution in [0.1, 0.15) is 0 Å². The summed E-state index contributed by atoms with van der Waals surface area (Å²) in [6.07, 6.45) is 0. The van der Waals surface area contributed by atoms with Crippen LogP contribution in [-0.4, -0.2) is 0 Å². The number of rotatable bonds is 2. The van der Waals surface area contributed by atoms with Crippen molar-refractivity contribution in [2.24, 2.45) is 11.1 Å². The van der Waals surface area contributed by atoms with Gasteiger partial charge < -0.3 is 6.15 Å². The van der Waals surface area contributed by atoms with Gasteiger partial charge in [-0.05, 0) is 11.5 Å². The van der Waals surface area contributed by atoms with Crippen LogP contribution < -0.4 is 17.1 Å². The summed E-state index contributed by atoms with van der Waals surface area (Å²) in [4.78, 5) is 10.3. The van der Waals surface area contributed by atoms with Gasteiger partial charge in [0.1, 0.15) is 0 Å². The number of nitrogens with two attached hydrogens (primary N) is 1. The second kappa shape index (κ2) is 4.50. The van der Waals surface area contributed by atoms with Crippen LogP contribution in [0.2, 0.25) is 0 Å². The summed E-state index contributed by atoms with van der Waals surface area (Å²) < 4.78 is 0.